The van der Waals surface area contributed by atoms with Gasteiger partial charge in [-0.3, -0.25) is 14.4 Å². The molecule has 0 radical (unpaired) electrons. The zero-order chi connectivity index (χ0) is 14.7. The number of ketones is 1. The average molecular weight is 276 g/mol. The Kier molecular flexibility index (Phi) is 4.17. The van der Waals surface area contributed by atoms with Crippen molar-refractivity contribution in [1.82, 2.24) is 0 Å². The third kappa shape index (κ3) is 3.04. The first-order valence-corrected chi connectivity index (χ1v) is 6.55. The number of carbonyl (C=O) groups excluding carboxylic acids is 3. The van der Waals surface area contributed by atoms with E-state index in [9.17, 15) is 14.4 Å². The standard InChI is InChI=1S/C15H16O5/c1-9(16)19-13-7-8-14(20-10(2)17)15-11(13)5-3-4-6-12(15)18/h7-8H,3-6H2,1-2H3. The highest BCUT2D eigenvalue weighted by molar-refractivity contribution is 6.01. The van der Waals surface area contributed by atoms with E-state index in [0.717, 1.165) is 12.8 Å². The van der Waals surface area contributed by atoms with Crippen LogP contribution >= 0.6 is 0 Å². The fraction of sp³-hybridized carbons (Fsp3) is 0.400. The second-order valence-electron chi connectivity index (χ2n) is 4.73. The molecule has 0 heterocycles. The van der Waals surface area contributed by atoms with Crippen molar-refractivity contribution in [2.45, 2.75) is 39.5 Å². The van der Waals surface area contributed by atoms with Gasteiger partial charge in [-0.2, -0.15) is 0 Å². The number of ether oxygens (including phenoxy) is 2. The molecule has 0 atom stereocenters. The van der Waals surface area contributed by atoms with E-state index in [2.05, 4.69) is 0 Å². The third-order valence-corrected chi connectivity index (χ3v) is 3.10. The molecule has 0 bridgehead atoms. The van der Waals surface area contributed by atoms with Crippen molar-refractivity contribution in [3.05, 3.63) is 23.3 Å². The Morgan fingerprint density at radius 2 is 1.50 bits per heavy atom. The number of rotatable bonds is 2. The van der Waals surface area contributed by atoms with Gasteiger partial charge in [0.25, 0.3) is 0 Å². The third-order valence-electron chi connectivity index (χ3n) is 3.10. The normalized spacial score (nSPS) is 14.2. The minimum absolute atomic E-state index is 0.0808. The summed E-state index contributed by atoms with van der Waals surface area (Å²) in [7, 11) is 0. The van der Waals surface area contributed by atoms with Crippen LogP contribution < -0.4 is 9.47 Å². The molecule has 1 aliphatic rings. The summed E-state index contributed by atoms with van der Waals surface area (Å²) < 4.78 is 10.2. The summed E-state index contributed by atoms with van der Waals surface area (Å²) in [4.78, 5) is 34.5. The van der Waals surface area contributed by atoms with Gasteiger partial charge in [-0.05, 0) is 31.4 Å². The molecule has 0 amide bonds. The Labute approximate surface area is 116 Å². The zero-order valence-corrected chi connectivity index (χ0v) is 11.5. The highest BCUT2D eigenvalue weighted by Gasteiger charge is 2.25. The van der Waals surface area contributed by atoms with Crippen LogP contribution in [-0.4, -0.2) is 17.7 Å². The van der Waals surface area contributed by atoms with E-state index in [0.29, 0.717) is 29.7 Å². The molecule has 0 unspecified atom stereocenters. The molecule has 0 aromatic heterocycles. The van der Waals surface area contributed by atoms with Crippen molar-refractivity contribution < 1.29 is 23.9 Å². The highest BCUT2D eigenvalue weighted by atomic mass is 16.5. The fourth-order valence-corrected chi connectivity index (χ4v) is 2.36. The van der Waals surface area contributed by atoms with Gasteiger partial charge in [0.05, 0.1) is 5.56 Å². The molecule has 106 valence electrons. The number of fused-ring (bicyclic) bond motifs is 1. The number of esters is 2. The molecular formula is C15H16O5. The predicted molar refractivity (Wildman–Crippen MR) is 70.9 cm³/mol. The van der Waals surface area contributed by atoms with E-state index >= 15 is 0 Å². The number of hydrogen-bond donors (Lipinski definition) is 0. The largest absolute Gasteiger partial charge is 0.426 e. The lowest BCUT2D eigenvalue weighted by molar-refractivity contribution is -0.133. The topological polar surface area (TPSA) is 69.7 Å². The lowest BCUT2D eigenvalue weighted by Gasteiger charge is -2.14. The van der Waals surface area contributed by atoms with Gasteiger partial charge in [0, 0.05) is 25.8 Å². The van der Waals surface area contributed by atoms with Crippen molar-refractivity contribution in [2.24, 2.45) is 0 Å². The van der Waals surface area contributed by atoms with Crippen molar-refractivity contribution in [1.29, 1.82) is 0 Å². The average Bonchev–Trinajstić information content (AvgIpc) is 2.54. The number of hydrogen-bond acceptors (Lipinski definition) is 5. The molecule has 2 rings (SSSR count). The molecule has 5 heteroatoms. The van der Waals surface area contributed by atoms with Crippen LogP contribution in [0.5, 0.6) is 11.5 Å². The van der Waals surface area contributed by atoms with Crippen LogP contribution in [0.15, 0.2) is 12.1 Å². The second kappa shape index (κ2) is 5.86. The Morgan fingerprint density at radius 3 is 2.15 bits per heavy atom. The molecule has 1 aromatic rings. The Hall–Kier alpha value is -2.17. The maximum atomic E-state index is 12.2. The first-order valence-electron chi connectivity index (χ1n) is 6.55. The number of carbonyl (C=O) groups is 3. The van der Waals surface area contributed by atoms with Gasteiger partial charge in [0.1, 0.15) is 11.5 Å². The van der Waals surface area contributed by atoms with Gasteiger partial charge in [0.2, 0.25) is 0 Å². The quantitative estimate of drug-likeness (QED) is 0.471. The molecule has 0 fully saturated rings. The molecule has 0 aliphatic heterocycles. The van der Waals surface area contributed by atoms with Crippen LogP contribution in [0.2, 0.25) is 0 Å². The molecule has 20 heavy (non-hydrogen) atoms. The van der Waals surface area contributed by atoms with Crippen LogP contribution in [0, 0.1) is 0 Å². The first kappa shape index (κ1) is 14.2. The Balaban J connectivity index is 2.55. The monoisotopic (exact) mass is 276 g/mol. The molecule has 0 saturated carbocycles. The molecular weight excluding hydrogens is 260 g/mol. The van der Waals surface area contributed by atoms with Gasteiger partial charge < -0.3 is 9.47 Å². The Bertz CT molecular complexity index is 574. The lowest BCUT2D eigenvalue weighted by atomic mass is 10.00. The van der Waals surface area contributed by atoms with Gasteiger partial charge >= 0.3 is 11.9 Å². The van der Waals surface area contributed by atoms with E-state index < -0.39 is 11.9 Å². The number of Topliss-reactive ketones (excluding diaryl/α,β-unsaturated/α-hetero) is 1. The van der Waals surface area contributed by atoms with Crippen LogP contribution in [0.25, 0.3) is 0 Å². The minimum Gasteiger partial charge on any atom is -0.426 e. The summed E-state index contributed by atoms with van der Waals surface area (Å²) in [6.45, 7) is 2.60. The maximum absolute atomic E-state index is 12.2. The zero-order valence-electron chi connectivity index (χ0n) is 11.5. The van der Waals surface area contributed by atoms with E-state index in [4.69, 9.17) is 9.47 Å². The van der Waals surface area contributed by atoms with Gasteiger partial charge in [0.15, 0.2) is 5.78 Å². The molecule has 5 nitrogen and oxygen atoms in total. The van der Waals surface area contributed by atoms with Gasteiger partial charge in [-0.15, -0.1) is 0 Å². The fourth-order valence-electron chi connectivity index (χ4n) is 2.36. The van der Waals surface area contributed by atoms with Crippen molar-refractivity contribution in [3.63, 3.8) is 0 Å². The van der Waals surface area contributed by atoms with Crippen LogP contribution in [-0.2, 0) is 16.0 Å². The minimum atomic E-state index is -0.482. The molecule has 1 aromatic carbocycles. The summed E-state index contributed by atoms with van der Waals surface area (Å²) in [5, 5.41) is 0. The van der Waals surface area contributed by atoms with Crippen LogP contribution in [0.3, 0.4) is 0 Å². The van der Waals surface area contributed by atoms with E-state index in [1.165, 1.54) is 19.9 Å². The summed E-state index contributed by atoms with van der Waals surface area (Å²) >= 11 is 0. The predicted octanol–water partition coefficient (Wildman–Crippen LogP) is 2.45. The summed E-state index contributed by atoms with van der Waals surface area (Å²) in [5.74, 6) is -0.384. The lowest BCUT2D eigenvalue weighted by Crippen LogP contribution is -2.11. The molecule has 1 aliphatic carbocycles. The van der Waals surface area contributed by atoms with Gasteiger partial charge in [-0.1, -0.05) is 0 Å². The van der Waals surface area contributed by atoms with Crippen molar-refractivity contribution in [2.75, 3.05) is 0 Å². The summed E-state index contributed by atoms with van der Waals surface area (Å²) in [6, 6.07) is 3.07. The maximum Gasteiger partial charge on any atom is 0.308 e. The van der Waals surface area contributed by atoms with Crippen molar-refractivity contribution >= 4 is 17.7 Å². The van der Waals surface area contributed by atoms with Crippen LogP contribution in [0.4, 0.5) is 0 Å². The van der Waals surface area contributed by atoms with E-state index in [1.54, 1.807) is 6.07 Å². The first-order chi connectivity index (χ1) is 9.49. The summed E-state index contributed by atoms with van der Waals surface area (Å²) in [6.07, 6.45) is 2.63. The summed E-state index contributed by atoms with van der Waals surface area (Å²) in [5.41, 5.74) is 1.03. The molecule has 0 N–H and O–H groups in total. The molecule has 0 saturated heterocycles. The Morgan fingerprint density at radius 1 is 0.950 bits per heavy atom. The highest BCUT2D eigenvalue weighted by Crippen LogP contribution is 2.35. The number of benzene rings is 1. The smallest absolute Gasteiger partial charge is 0.308 e. The van der Waals surface area contributed by atoms with Gasteiger partial charge in [-0.25, -0.2) is 0 Å². The van der Waals surface area contributed by atoms with E-state index in [1.807, 2.05) is 0 Å². The second-order valence-corrected chi connectivity index (χ2v) is 4.73. The molecule has 0 spiro atoms. The van der Waals surface area contributed by atoms with Crippen molar-refractivity contribution in [3.8, 4) is 11.5 Å². The SMILES string of the molecule is CC(=O)Oc1ccc(OC(C)=O)c2c1CCCCC2=O. The van der Waals surface area contributed by atoms with E-state index in [-0.39, 0.29) is 11.5 Å². The van der Waals surface area contributed by atoms with Crippen LogP contribution in [0.1, 0.15) is 49.0 Å².